The van der Waals surface area contributed by atoms with Crippen molar-refractivity contribution in [3.05, 3.63) is 72.0 Å². The summed E-state index contributed by atoms with van der Waals surface area (Å²) in [4.78, 5) is 12.5. The number of nitrogens with one attached hydrogen (secondary N) is 2. The molecular formula is C20H22N2O2. The second-order valence-electron chi connectivity index (χ2n) is 5.86. The smallest absolute Gasteiger partial charge is 0.252 e. The molecule has 0 aliphatic heterocycles. The number of carbonyl (C=O) groups is 1. The van der Waals surface area contributed by atoms with Crippen molar-refractivity contribution >= 4 is 16.9 Å². The van der Waals surface area contributed by atoms with Crippen LogP contribution in [0.4, 0.5) is 0 Å². The Balaban J connectivity index is 1.57. The van der Waals surface area contributed by atoms with Crippen molar-refractivity contribution in [2.45, 2.75) is 18.9 Å². The number of rotatable bonds is 7. The highest BCUT2D eigenvalue weighted by molar-refractivity contribution is 6.05. The predicted molar refractivity (Wildman–Crippen MR) is 96.2 cm³/mol. The fraction of sp³-hybridized carbons (Fsp3) is 0.250. The Morgan fingerprint density at radius 3 is 2.71 bits per heavy atom. The molecule has 0 saturated heterocycles. The van der Waals surface area contributed by atoms with Crippen molar-refractivity contribution in [3.63, 3.8) is 0 Å². The molecule has 2 aromatic carbocycles. The summed E-state index contributed by atoms with van der Waals surface area (Å²) in [6.07, 6.45) is 3.56. The van der Waals surface area contributed by atoms with Gasteiger partial charge in [0.2, 0.25) is 0 Å². The molecule has 0 saturated carbocycles. The molecule has 1 aromatic heterocycles. The number of benzene rings is 2. The maximum Gasteiger partial charge on any atom is 0.252 e. The van der Waals surface area contributed by atoms with Crippen LogP contribution >= 0.6 is 0 Å². The van der Waals surface area contributed by atoms with Crippen LogP contribution in [0, 0.1) is 0 Å². The van der Waals surface area contributed by atoms with E-state index in [0.717, 1.165) is 23.8 Å². The van der Waals surface area contributed by atoms with Crippen LogP contribution in [0.15, 0.2) is 65.3 Å². The summed E-state index contributed by atoms with van der Waals surface area (Å²) < 4.78 is 5.35. The third-order valence-electron chi connectivity index (χ3n) is 4.28. The molecule has 1 heterocycles. The number of likely N-dealkylation sites (N-methyl/N-ethyl adjacent to an activating group) is 1. The zero-order valence-corrected chi connectivity index (χ0v) is 13.8. The second kappa shape index (κ2) is 7.79. The van der Waals surface area contributed by atoms with Gasteiger partial charge < -0.3 is 15.1 Å². The minimum atomic E-state index is -0.0676. The molecule has 3 rings (SSSR count). The molecule has 0 fully saturated rings. The van der Waals surface area contributed by atoms with Crippen LogP contribution in [0.5, 0.6) is 0 Å². The van der Waals surface area contributed by atoms with E-state index >= 15 is 0 Å². The van der Waals surface area contributed by atoms with Gasteiger partial charge in [0.25, 0.3) is 5.91 Å². The summed E-state index contributed by atoms with van der Waals surface area (Å²) in [7, 11) is 1.93. The van der Waals surface area contributed by atoms with Crippen LogP contribution < -0.4 is 10.6 Å². The van der Waals surface area contributed by atoms with Crippen molar-refractivity contribution in [3.8, 4) is 0 Å². The van der Waals surface area contributed by atoms with Gasteiger partial charge in [0.15, 0.2) is 0 Å². The van der Waals surface area contributed by atoms with Crippen LogP contribution in [0.1, 0.15) is 22.3 Å². The summed E-state index contributed by atoms with van der Waals surface area (Å²) in [5.41, 5.74) is 2.70. The number of carbonyl (C=O) groups excluding carboxylic acids is 1. The zero-order chi connectivity index (χ0) is 16.8. The highest BCUT2D eigenvalue weighted by atomic mass is 16.3. The highest BCUT2D eigenvalue weighted by Gasteiger charge is 2.13. The molecule has 0 spiro atoms. The maximum absolute atomic E-state index is 12.5. The standard InChI is InChI=1S/C20H22N2O2/c1-21-16(11-10-15-6-3-2-4-7-15)14-22-20(23)18-8-5-9-19-17(18)12-13-24-19/h2-9,12-13,16,21H,10-11,14H2,1H3,(H,22,23)/t16-/m0/s1. The number of hydrogen-bond donors (Lipinski definition) is 2. The van der Waals surface area contributed by atoms with Gasteiger partial charge in [-0.3, -0.25) is 4.79 Å². The van der Waals surface area contributed by atoms with E-state index in [0.29, 0.717) is 12.1 Å². The van der Waals surface area contributed by atoms with E-state index in [2.05, 4.69) is 34.9 Å². The molecule has 124 valence electrons. The molecule has 1 atom stereocenters. The molecule has 2 N–H and O–H groups in total. The number of aryl methyl sites for hydroxylation is 1. The zero-order valence-electron chi connectivity index (χ0n) is 13.8. The van der Waals surface area contributed by atoms with E-state index in [4.69, 9.17) is 4.42 Å². The van der Waals surface area contributed by atoms with Crippen molar-refractivity contribution in [1.29, 1.82) is 0 Å². The van der Waals surface area contributed by atoms with Crippen molar-refractivity contribution in [2.75, 3.05) is 13.6 Å². The second-order valence-corrected chi connectivity index (χ2v) is 5.86. The van der Waals surface area contributed by atoms with Crippen LogP contribution in [-0.2, 0) is 6.42 Å². The van der Waals surface area contributed by atoms with Gasteiger partial charge in [-0.2, -0.15) is 0 Å². The fourth-order valence-corrected chi connectivity index (χ4v) is 2.84. The quantitative estimate of drug-likeness (QED) is 0.701. The minimum Gasteiger partial charge on any atom is -0.464 e. The lowest BCUT2D eigenvalue weighted by atomic mass is 10.0. The van der Waals surface area contributed by atoms with Gasteiger partial charge in [0.1, 0.15) is 5.58 Å². The van der Waals surface area contributed by atoms with Crippen LogP contribution in [0.2, 0.25) is 0 Å². The van der Waals surface area contributed by atoms with E-state index < -0.39 is 0 Å². The lowest BCUT2D eigenvalue weighted by molar-refractivity contribution is 0.0951. The summed E-state index contributed by atoms with van der Waals surface area (Å²) in [5.74, 6) is -0.0676. The molecule has 0 aliphatic rings. The topological polar surface area (TPSA) is 54.3 Å². The Morgan fingerprint density at radius 2 is 1.92 bits per heavy atom. The van der Waals surface area contributed by atoms with Gasteiger partial charge in [-0.15, -0.1) is 0 Å². The number of amides is 1. The minimum absolute atomic E-state index is 0.0676. The maximum atomic E-state index is 12.5. The molecule has 24 heavy (non-hydrogen) atoms. The van der Waals surface area contributed by atoms with Gasteiger partial charge >= 0.3 is 0 Å². The molecule has 0 aliphatic carbocycles. The average molecular weight is 322 g/mol. The van der Waals surface area contributed by atoms with E-state index in [1.807, 2.05) is 37.4 Å². The normalized spacial score (nSPS) is 12.2. The monoisotopic (exact) mass is 322 g/mol. The van der Waals surface area contributed by atoms with Gasteiger partial charge in [0.05, 0.1) is 11.8 Å². The third-order valence-corrected chi connectivity index (χ3v) is 4.28. The van der Waals surface area contributed by atoms with Crippen LogP contribution in [-0.4, -0.2) is 25.5 Å². The molecule has 0 radical (unpaired) electrons. The summed E-state index contributed by atoms with van der Waals surface area (Å²) in [5, 5.41) is 7.15. The Bertz CT molecular complexity index is 796. The summed E-state index contributed by atoms with van der Waals surface area (Å²) in [6.45, 7) is 0.594. The Morgan fingerprint density at radius 1 is 1.08 bits per heavy atom. The Labute approximate surface area is 141 Å². The molecule has 0 bridgehead atoms. The van der Waals surface area contributed by atoms with Gasteiger partial charge in [-0.25, -0.2) is 0 Å². The average Bonchev–Trinajstić information content (AvgIpc) is 3.11. The Kier molecular flexibility index (Phi) is 5.29. The Hall–Kier alpha value is -2.59. The first kappa shape index (κ1) is 16.3. The van der Waals surface area contributed by atoms with Gasteiger partial charge in [0, 0.05) is 18.0 Å². The largest absolute Gasteiger partial charge is 0.464 e. The molecule has 1 amide bonds. The lowest BCUT2D eigenvalue weighted by Crippen LogP contribution is -2.39. The van der Waals surface area contributed by atoms with Crippen LogP contribution in [0.3, 0.4) is 0 Å². The molecular weight excluding hydrogens is 300 g/mol. The van der Waals surface area contributed by atoms with E-state index in [1.54, 1.807) is 6.26 Å². The van der Waals surface area contributed by atoms with Crippen molar-refractivity contribution in [2.24, 2.45) is 0 Å². The van der Waals surface area contributed by atoms with Gasteiger partial charge in [-0.1, -0.05) is 36.4 Å². The van der Waals surface area contributed by atoms with Gasteiger partial charge in [-0.05, 0) is 43.7 Å². The molecule has 3 aromatic rings. The van der Waals surface area contributed by atoms with Crippen molar-refractivity contribution in [1.82, 2.24) is 10.6 Å². The third kappa shape index (κ3) is 3.84. The molecule has 4 nitrogen and oxygen atoms in total. The first-order chi connectivity index (χ1) is 11.8. The fourth-order valence-electron chi connectivity index (χ4n) is 2.84. The van der Waals surface area contributed by atoms with E-state index in [9.17, 15) is 4.79 Å². The van der Waals surface area contributed by atoms with Crippen LogP contribution in [0.25, 0.3) is 11.0 Å². The lowest BCUT2D eigenvalue weighted by Gasteiger charge is -2.17. The van der Waals surface area contributed by atoms with E-state index in [-0.39, 0.29) is 11.9 Å². The first-order valence-corrected chi connectivity index (χ1v) is 8.23. The summed E-state index contributed by atoms with van der Waals surface area (Å²) in [6, 6.07) is 18.0. The number of furan rings is 1. The predicted octanol–water partition coefficient (Wildman–Crippen LogP) is 3.38. The summed E-state index contributed by atoms with van der Waals surface area (Å²) >= 11 is 0. The number of fused-ring (bicyclic) bond motifs is 1. The molecule has 0 unspecified atom stereocenters. The number of hydrogen-bond acceptors (Lipinski definition) is 3. The first-order valence-electron chi connectivity index (χ1n) is 8.23. The highest BCUT2D eigenvalue weighted by Crippen LogP contribution is 2.19. The van der Waals surface area contributed by atoms with E-state index in [1.165, 1.54) is 5.56 Å². The SMILES string of the molecule is CN[C@@H](CCc1ccccc1)CNC(=O)c1cccc2occc12. The van der Waals surface area contributed by atoms with Crippen molar-refractivity contribution < 1.29 is 9.21 Å². The molecule has 4 heteroatoms.